The molecule has 0 fully saturated rings. The van der Waals surface area contributed by atoms with Crippen molar-refractivity contribution in [2.24, 2.45) is 4.36 Å². The average Bonchev–Trinajstić information content (AvgIpc) is 3.01. The van der Waals surface area contributed by atoms with E-state index < -0.39 is 9.73 Å². The Morgan fingerprint density at radius 3 is 2.47 bits per heavy atom. The first kappa shape index (κ1) is 21.6. The van der Waals surface area contributed by atoms with E-state index in [4.69, 9.17) is 0 Å². The van der Waals surface area contributed by atoms with Crippen LogP contribution in [-0.4, -0.2) is 41.0 Å². The number of fused-ring (bicyclic) bond motifs is 1. The summed E-state index contributed by atoms with van der Waals surface area (Å²) in [5, 5.41) is 3.33. The second-order valence-electron chi connectivity index (χ2n) is 7.74. The number of halogens is 1. The fourth-order valence-corrected chi connectivity index (χ4v) is 3.77. The van der Waals surface area contributed by atoms with Crippen LogP contribution in [0, 0.1) is 5.82 Å². The van der Waals surface area contributed by atoms with Crippen LogP contribution in [0.5, 0.6) is 0 Å². The molecule has 3 heterocycles. The smallest absolute Gasteiger partial charge is 0.278 e. The van der Waals surface area contributed by atoms with Gasteiger partial charge in [0.15, 0.2) is 17.3 Å². The number of hydrogen-bond acceptors (Lipinski definition) is 7. The molecule has 0 saturated carbocycles. The molecule has 0 unspecified atom stereocenters. The molecule has 4 aromatic rings. The number of hydrogen-bond donors (Lipinski definition) is 1. The zero-order chi connectivity index (χ0) is 23.0. The van der Waals surface area contributed by atoms with Crippen LogP contribution in [0.2, 0.25) is 0 Å². The van der Waals surface area contributed by atoms with Gasteiger partial charge in [0.1, 0.15) is 11.2 Å². The summed E-state index contributed by atoms with van der Waals surface area (Å²) in [5.74, 6) is 0.585. The van der Waals surface area contributed by atoms with E-state index in [1.165, 1.54) is 35.5 Å². The lowest BCUT2D eigenvalue weighted by molar-refractivity contribution is 0.472. The summed E-state index contributed by atoms with van der Waals surface area (Å²) in [5.41, 5.74) is 0.687. The number of anilines is 2. The Morgan fingerprint density at radius 1 is 1.09 bits per heavy atom. The summed E-state index contributed by atoms with van der Waals surface area (Å²) in [6.45, 7) is 3.75. The summed E-state index contributed by atoms with van der Waals surface area (Å²) in [7, 11) is -2.41. The molecular formula is C21H22FN7O2S. The van der Waals surface area contributed by atoms with Gasteiger partial charge in [-0.25, -0.2) is 27.9 Å². The number of aromatic nitrogens is 5. The molecule has 0 radical (unpaired) electrons. The summed E-state index contributed by atoms with van der Waals surface area (Å²) < 4.78 is 32.6. The molecule has 9 nitrogen and oxygen atoms in total. The van der Waals surface area contributed by atoms with Crippen LogP contribution in [0.25, 0.3) is 16.9 Å². The van der Waals surface area contributed by atoms with Gasteiger partial charge in [-0.3, -0.25) is 4.79 Å². The van der Waals surface area contributed by atoms with Crippen molar-refractivity contribution in [1.29, 1.82) is 0 Å². The summed E-state index contributed by atoms with van der Waals surface area (Å²) >= 11 is 0. The molecule has 0 atom stereocenters. The highest BCUT2D eigenvalue weighted by atomic mass is 32.2. The Hall–Kier alpha value is -3.60. The average molecular weight is 456 g/mol. The number of benzene rings is 1. The Morgan fingerprint density at radius 2 is 1.81 bits per heavy atom. The molecule has 0 aliphatic rings. The molecule has 0 spiro atoms. The van der Waals surface area contributed by atoms with Gasteiger partial charge < -0.3 is 5.32 Å². The molecule has 0 amide bonds. The Labute approximate surface area is 184 Å². The minimum absolute atomic E-state index is 0.200. The molecule has 3 aromatic heterocycles. The van der Waals surface area contributed by atoms with Crippen LogP contribution in [0.1, 0.15) is 19.9 Å². The maximum atomic E-state index is 13.2. The van der Waals surface area contributed by atoms with E-state index >= 15 is 0 Å². The van der Waals surface area contributed by atoms with Crippen LogP contribution in [0.3, 0.4) is 0 Å². The monoisotopic (exact) mass is 455 g/mol. The Bertz CT molecular complexity index is 1470. The van der Waals surface area contributed by atoms with E-state index in [1.54, 1.807) is 35.0 Å². The standard InChI is InChI=1S/C21H22FN7O2S/c1-13(2)28-20(30)16-12-23-21(24-15-10-8-14(22)9-11-15)26-19(16)29(28)18-7-5-6-17(25-18)27-32(3,4)31/h5-13H,1-4H3,(H,23,24,26). The third kappa shape index (κ3) is 4.37. The van der Waals surface area contributed by atoms with E-state index in [0.29, 0.717) is 28.4 Å². The highest BCUT2D eigenvalue weighted by Crippen LogP contribution is 2.22. The zero-order valence-electron chi connectivity index (χ0n) is 18.0. The summed E-state index contributed by atoms with van der Waals surface area (Å²) in [4.78, 5) is 26.4. The fourth-order valence-electron chi connectivity index (χ4n) is 3.21. The molecule has 0 aliphatic carbocycles. The van der Waals surface area contributed by atoms with E-state index in [0.717, 1.165) is 0 Å². The van der Waals surface area contributed by atoms with Crippen LogP contribution >= 0.6 is 0 Å². The first-order chi connectivity index (χ1) is 15.1. The number of nitrogens with one attached hydrogen (secondary N) is 1. The number of rotatable bonds is 5. The molecule has 166 valence electrons. The Balaban J connectivity index is 1.91. The third-order valence-electron chi connectivity index (χ3n) is 4.46. The van der Waals surface area contributed by atoms with Crippen molar-refractivity contribution in [3.8, 4) is 5.82 Å². The van der Waals surface area contributed by atoms with Gasteiger partial charge in [-0.15, -0.1) is 0 Å². The maximum absolute atomic E-state index is 13.2. The molecule has 0 bridgehead atoms. The quantitative estimate of drug-likeness (QED) is 0.491. The molecule has 11 heteroatoms. The molecular weight excluding hydrogens is 433 g/mol. The zero-order valence-corrected chi connectivity index (χ0v) is 18.8. The number of nitrogens with zero attached hydrogens (tertiary/aromatic N) is 6. The minimum atomic E-state index is -2.41. The van der Waals surface area contributed by atoms with Gasteiger partial charge in [-0.05, 0) is 50.2 Å². The lowest BCUT2D eigenvalue weighted by atomic mass is 10.3. The van der Waals surface area contributed by atoms with Crippen LogP contribution in [0.15, 0.2) is 57.8 Å². The summed E-state index contributed by atoms with van der Waals surface area (Å²) in [6, 6.07) is 10.7. The molecule has 32 heavy (non-hydrogen) atoms. The second kappa shape index (κ2) is 8.15. The van der Waals surface area contributed by atoms with E-state index in [2.05, 4.69) is 24.6 Å². The van der Waals surface area contributed by atoms with Crippen molar-refractivity contribution in [3.05, 3.63) is 64.8 Å². The first-order valence-electron chi connectivity index (χ1n) is 9.80. The van der Waals surface area contributed by atoms with Crippen molar-refractivity contribution < 1.29 is 8.60 Å². The van der Waals surface area contributed by atoms with Gasteiger partial charge in [0, 0.05) is 40.2 Å². The van der Waals surface area contributed by atoms with Crippen LogP contribution < -0.4 is 10.9 Å². The van der Waals surface area contributed by atoms with Gasteiger partial charge in [0.05, 0.1) is 0 Å². The molecule has 0 saturated heterocycles. The van der Waals surface area contributed by atoms with Crippen molar-refractivity contribution in [1.82, 2.24) is 24.3 Å². The summed E-state index contributed by atoms with van der Waals surface area (Å²) in [6.07, 6.45) is 4.50. The molecule has 1 aromatic carbocycles. The predicted molar refractivity (Wildman–Crippen MR) is 123 cm³/mol. The fraction of sp³-hybridized carbons (Fsp3) is 0.238. The SMILES string of the molecule is CC(C)n1c(=O)c2cnc(Nc3ccc(F)cc3)nc2n1-c1cccc(N=S(C)(C)=O)n1. The van der Waals surface area contributed by atoms with E-state index in [1.807, 2.05) is 13.8 Å². The van der Waals surface area contributed by atoms with Gasteiger partial charge in [0.2, 0.25) is 5.95 Å². The molecule has 4 rings (SSSR count). The van der Waals surface area contributed by atoms with Gasteiger partial charge in [-0.1, -0.05) is 6.07 Å². The highest BCUT2D eigenvalue weighted by Gasteiger charge is 2.20. The Kier molecular flexibility index (Phi) is 5.51. The highest BCUT2D eigenvalue weighted by molar-refractivity contribution is 7.92. The van der Waals surface area contributed by atoms with Crippen molar-refractivity contribution in [3.63, 3.8) is 0 Å². The van der Waals surface area contributed by atoms with Crippen molar-refractivity contribution in [2.75, 3.05) is 17.8 Å². The van der Waals surface area contributed by atoms with Gasteiger partial charge >= 0.3 is 0 Å². The van der Waals surface area contributed by atoms with Crippen molar-refractivity contribution in [2.45, 2.75) is 19.9 Å². The van der Waals surface area contributed by atoms with Crippen LogP contribution in [-0.2, 0) is 9.73 Å². The lowest BCUT2D eigenvalue weighted by Crippen LogP contribution is -2.24. The lowest BCUT2D eigenvalue weighted by Gasteiger charge is -2.14. The third-order valence-corrected chi connectivity index (χ3v) is 5.09. The number of pyridine rings is 1. The topological polar surface area (TPSA) is 107 Å². The van der Waals surface area contributed by atoms with E-state index in [-0.39, 0.29) is 23.4 Å². The van der Waals surface area contributed by atoms with E-state index in [9.17, 15) is 13.4 Å². The first-order valence-corrected chi connectivity index (χ1v) is 12.1. The minimum Gasteiger partial charge on any atom is -0.324 e. The second-order valence-corrected chi connectivity index (χ2v) is 10.3. The van der Waals surface area contributed by atoms with Crippen molar-refractivity contribution >= 4 is 38.2 Å². The van der Waals surface area contributed by atoms with Gasteiger partial charge in [-0.2, -0.15) is 9.35 Å². The predicted octanol–water partition coefficient (Wildman–Crippen LogP) is 3.80. The van der Waals surface area contributed by atoms with Gasteiger partial charge in [0.25, 0.3) is 5.56 Å². The molecule has 1 N–H and O–H groups in total. The van der Waals surface area contributed by atoms with Crippen LogP contribution in [0.4, 0.5) is 21.8 Å². The molecule has 0 aliphatic heterocycles. The maximum Gasteiger partial charge on any atom is 0.278 e. The normalized spacial score (nSPS) is 11.8. The largest absolute Gasteiger partial charge is 0.324 e.